The van der Waals surface area contributed by atoms with Gasteiger partial charge in [0.15, 0.2) is 0 Å². The number of nitrogens with zero attached hydrogens (tertiary/aromatic N) is 3. The van der Waals surface area contributed by atoms with Gasteiger partial charge in [-0.2, -0.15) is 11.8 Å². The van der Waals surface area contributed by atoms with Gasteiger partial charge in [0.25, 0.3) is 5.56 Å². The van der Waals surface area contributed by atoms with E-state index in [4.69, 9.17) is 5.73 Å². The Kier molecular flexibility index (Phi) is 5.84. The van der Waals surface area contributed by atoms with Crippen LogP contribution in [0.15, 0.2) is 16.9 Å². The van der Waals surface area contributed by atoms with Crippen LogP contribution < -0.4 is 11.3 Å². The summed E-state index contributed by atoms with van der Waals surface area (Å²) in [5.41, 5.74) is 8.50. The van der Waals surface area contributed by atoms with Crippen LogP contribution in [0.4, 0.5) is 0 Å². The zero-order valence-electron chi connectivity index (χ0n) is 17.9. The minimum Gasteiger partial charge on any atom is -0.340 e. The molecule has 6 nitrogen and oxygen atoms in total. The van der Waals surface area contributed by atoms with Crippen LogP contribution in [-0.2, 0) is 17.9 Å². The van der Waals surface area contributed by atoms with E-state index in [9.17, 15) is 9.59 Å². The van der Waals surface area contributed by atoms with Gasteiger partial charge in [-0.3, -0.25) is 14.5 Å². The number of fused-ring (bicyclic) bond motifs is 4. The highest BCUT2D eigenvalue weighted by atomic mass is 32.2. The summed E-state index contributed by atoms with van der Waals surface area (Å²) in [5, 5.41) is 0. The van der Waals surface area contributed by atoms with Gasteiger partial charge in [-0.1, -0.05) is 6.07 Å². The van der Waals surface area contributed by atoms with Crippen LogP contribution in [0, 0.1) is 5.92 Å². The first-order chi connectivity index (χ1) is 13.8. The summed E-state index contributed by atoms with van der Waals surface area (Å²) in [5.74, 6) is 0.597. The predicted molar refractivity (Wildman–Crippen MR) is 118 cm³/mol. The van der Waals surface area contributed by atoms with Crippen LogP contribution in [-0.4, -0.2) is 63.5 Å². The molecule has 3 aliphatic rings. The van der Waals surface area contributed by atoms with E-state index in [0.29, 0.717) is 25.6 Å². The van der Waals surface area contributed by atoms with Crippen molar-refractivity contribution in [2.24, 2.45) is 11.7 Å². The molecule has 0 unspecified atom stereocenters. The molecular weight excluding hydrogens is 384 g/mol. The molecule has 160 valence electrons. The van der Waals surface area contributed by atoms with Crippen LogP contribution in [0.25, 0.3) is 0 Å². The lowest BCUT2D eigenvalue weighted by atomic mass is 9.82. The van der Waals surface area contributed by atoms with Crippen molar-refractivity contribution in [3.63, 3.8) is 0 Å². The molecular formula is C22H34N4O2S. The van der Waals surface area contributed by atoms with Gasteiger partial charge in [0.2, 0.25) is 5.91 Å². The van der Waals surface area contributed by atoms with Crippen molar-refractivity contribution in [2.45, 2.75) is 62.9 Å². The highest BCUT2D eigenvalue weighted by Gasteiger charge is 2.40. The summed E-state index contributed by atoms with van der Waals surface area (Å²) >= 11 is 1.63. The van der Waals surface area contributed by atoms with Crippen molar-refractivity contribution in [3.05, 3.63) is 33.7 Å². The minimum atomic E-state index is -0.513. The van der Waals surface area contributed by atoms with Crippen LogP contribution in [0.1, 0.15) is 50.3 Å². The van der Waals surface area contributed by atoms with E-state index in [1.54, 1.807) is 11.8 Å². The quantitative estimate of drug-likeness (QED) is 0.790. The highest BCUT2D eigenvalue weighted by molar-refractivity contribution is 8.00. The third-order valence-electron chi connectivity index (χ3n) is 7.13. The Bertz CT molecular complexity index is 831. The summed E-state index contributed by atoms with van der Waals surface area (Å²) in [6.45, 7) is 9.09. The number of aromatic nitrogens is 1. The van der Waals surface area contributed by atoms with Gasteiger partial charge < -0.3 is 15.2 Å². The Labute approximate surface area is 177 Å². The van der Waals surface area contributed by atoms with Gasteiger partial charge in [0, 0.05) is 48.1 Å². The minimum absolute atomic E-state index is 0.0421. The van der Waals surface area contributed by atoms with Crippen LogP contribution >= 0.6 is 11.8 Å². The average molecular weight is 419 g/mol. The second kappa shape index (κ2) is 8.08. The number of carbonyl (C=O) groups is 1. The van der Waals surface area contributed by atoms with Crippen molar-refractivity contribution >= 4 is 17.7 Å². The monoisotopic (exact) mass is 418 g/mol. The van der Waals surface area contributed by atoms with Crippen molar-refractivity contribution in [1.82, 2.24) is 14.4 Å². The number of hydrogen-bond acceptors (Lipinski definition) is 5. The number of pyridine rings is 1. The lowest BCUT2D eigenvalue weighted by Crippen LogP contribution is -2.57. The van der Waals surface area contributed by atoms with Gasteiger partial charge in [-0.25, -0.2) is 0 Å². The summed E-state index contributed by atoms with van der Waals surface area (Å²) in [4.78, 5) is 30.6. The third kappa shape index (κ3) is 4.01. The number of rotatable bonds is 5. The first kappa shape index (κ1) is 20.9. The second-order valence-electron chi connectivity index (χ2n) is 9.51. The molecule has 3 atom stereocenters. The summed E-state index contributed by atoms with van der Waals surface area (Å²) in [6, 6.07) is 3.64. The molecule has 0 saturated carbocycles. The molecule has 1 aromatic rings. The largest absolute Gasteiger partial charge is 0.340 e. The molecule has 0 spiro atoms. The van der Waals surface area contributed by atoms with Crippen LogP contribution in [0.5, 0.6) is 0 Å². The van der Waals surface area contributed by atoms with Crippen molar-refractivity contribution in [2.75, 3.05) is 32.4 Å². The van der Waals surface area contributed by atoms with Gasteiger partial charge >= 0.3 is 0 Å². The molecule has 0 aliphatic carbocycles. The molecule has 29 heavy (non-hydrogen) atoms. The number of piperidine rings is 1. The number of likely N-dealkylation sites (tertiary alicyclic amines) is 2. The average Bonchev–Trinajstić information content (AvgIpc) is 3.22. The lowest BCUT2D eigenvalue weighted by Gasteiger charge is -2.44. The van der Waals surface area contributed by atoms with Gasteiger partial charge in [0.05, 0.1) is 6.04 Å². The Morgan fingerprint density at radius 1 is 1.24 bits per heavy atom. The van der Waals surface area contributed by atoms with E-state index in [1.165, 1.54) is 12.8 Å². The Morgan fingerprint density at radius 2 is 1.97 bits per heavy atom. The van der Waals surface area contributed by atoms with Crippen molar-refractivity contribution in [3.8, 4) is 0 Å². The smallest absolute Gasteiger partial charge is 0.255 e. The van der Waals surface area contributed by atoms with E-state index in [1.807, 2.05) is 35.6 Å². The normalized spacial score (nSPS) is 25.7. The molecule has 0 radical (unpaired) electrons. The van der Waals surface area contributed by atoms with Crippen LogP contribution in [0.2, 0.25) is 0 Å². The number of amides is 1. The predicted octanol–water partition coefficient (Wildman–Crippen LogP) is 1.86. The molecule has 2 saturated heterocycles. The number of nitrogens with two attached hydrogens (primary N) is 1. The zero-order chi connectivity index (χ0) is 20.8. The molecule has 4 heterocycles. The fraction of sp³-hybridized carbons (Fsp3) is 0.727. The van der Waals surface area contributed by atoms with Crippen molar-refractivity contribution in [1.29, 1.82) is 0 Å². The van der Waals surface area contributed by atoms with E-state index < -0.39 is 6.04 Å². The molecule has 1 amide bonds. The Morgan fingerprint density at radius 3 is 2.66 bits per heavy atom. The first-order valence-electron chi connectivity index (χ1n) is 10.8. The maximum Gasteiger partial charge on any atom is 0.255 e. The van der Waals surface area contributed by atoms with E-state index >= 15 is 0 Å². The molecule has 2 N–H and O–H groups in total. The molecule has 7 heteroatoms. The van der Waals surface area contributed by atoms with E-state index in [2.05, 4.69) is 11.0 Å². The molecule has 0 aromatic carbocycles. The molecule has 3 aliphatic heterocycles. The highest BCUT2D eigenvalue weighted by Crippen LogP contribution is 2.36. The van der Waals surface area contributed by atoms with Gasteiger partial charge in [0.1, 0.15) is 0 Å². The fourth-order valence-corrected chi connectivity index (χ4v) is 5.45. The van der Waals surface area contributed by atoms with Crippen molar-refractivity contribution < 1.29 is 4.79 Å². The lowest BCUT2D eigenvalue weighted by molar-refractivity contribution is -0.135. The molecule has 4 rings (SSSR count). The van der Waals surface area contributed by atoms with Crippen LogP contribution in [0.3, 0.4) is 0 Å². The molecule has 1 aromatic heterocycles. The molecule has 2 bridgehead atoms. The maximum absolute atomic E-state index is 13.2. The van der Waals surface area contributed by atoms with Gasteiger partial charge in [-0.05, 0) is 64.4 Å². The summed E-state index contributed by atoms with van der Waals surface area (Å²) in [7, 11) is 0. The summed E-state index contributed by atoms with van der Waals surface area (Å²) < 4.78 is 1.71. The van der Waals surface area contributed by atoms with E-state index in [0.717, 1.165) is 37.3 Å². The first-order valence-corrected chi connectivity index (χ1v) is 12.1. The van der Waals surface area contributed by atoms with Gasteiger partial charge in [-0.15, -0.1) is 0 Å². The SMILES string of the molecule is CSC(C)(C)[C@H](N)C(=O)N1C[C@@H]2C[C@H](C1)c1ccc(CN3CCCC3)c(=O)n1C2. The third-order valence-corrected chi connectivity index (χ3v) is 8.43. The van der Waals surface area contributed by atoms with E-state index in [-0.39, 0.29) is 22.1 Å². The fourth-order valence-electron chi connectivity index (χ4n) is 5.09. The second-order valence-corrected chi connectivity index (χ2v) is 11.0. The standard InChI is InChI=1S/C22H34N4O2S/c1-22(2,29-3)19(23)21(28)25-11-15-10-17(14-25)18-7-6-16(20(27)26(18)12-15)13-24-8-4-5-9-24/h6-7,15,17,19H,4-5,8-14,23H2,1-3H3/t15-,17+,19+/m0/s1. The topological polar surface area (TPSA) is 71.6 Å². The summed E-state index contributed by atoms with van der Waals surface area (Å²) in [6.07, 6.45) is 5.52. The number of thioether (sulfide) groups is 1. The maximum atomic E-state index is 13.2. The zero-order valence-corrected chi connectivity index (χ0v) is 18.7. The number of hydrogen-bond donors (Lipinski definition) is 1. The Balaban J connectivity index is 1.53. The number of carbonyl (C=O) groups excluding carboxylic acids is 1. The Hall–Kier alpha value is -1.31. The molecule has 2 fully saturated rings.